The highest BCUT2D eigenvalue weighted by Crippen LogP contribution is 2.27. The molecular formula is C12H9F2N5O. The van der Waals surface area contributed by atoms with Crippen molar-refractivity contribution in [1.29, 1.82) is 0 Å². The van der Waals surface area contributed by atoms with E-state index in [0.717, 1.165) is 18.2 Å². The van der Waals surface area contributed by atoms with Crippen molar-refractivity contribution in [1.82, 2.24) is 19.5 Å². The molecule has 0 amide bonds. The van der Waals surface area contributed by atoms with E-state index >= 15 is 0 Å². The quantitative estimate of drug-likeness (QED) is 0.771. The van der Waals surface area contributed by atoms with Crippen LogP contribution >= 0.6 is 0 Å². The SMILES string of the molecule is COc1ncnc2c1nc(N)n2-c1cc(F)ccc1F. The molecule has 0 unspecified atom stereocenters. The fourth-order valence-electron chi connectivity index (χ4n) is 1.93. The average molecular weight is 277 g/mol. The van der Waals surface area contributed by atoms with Gasteiger partial charge in [0, 0.05) is 6.07 Å². The Morgan fingerprint density at radius 3 is 2.80 bits per heavy atom. The number of rotatable bonds is 2. The van der Waals surface area contributed by atoms with Crippen LogP contribution in [0, 0.1) is 11.6 Å². The lowest BCUT2D eigenvalue weighted by Gasteiger charge is -2.07. The Morgan fingerprint density at radius 2 is 2.05 bits per heavy atom. The second-order valence-electron chi connectivity index (χ2n) is 3.96. The van der Waals surface area contributed by atoms with Gasteiger partial charge < -0.3 is 10.5 Å². The zero-order valence-corrected chi connectivity index (χ0v) is 10.3. The molecule has 20 heavy (non-hydrogen) atoms. The summed E-state index contributed by atoms with van der Waals surface area (Å²) in [5, 5.41) is 0. The van der Waals surface area contributed by atoms with Crippen molar-refractivity contribution >= 4 is 17.1 Å². The molecule has 0 radical (unpaired) electrons. The molecule has 0 aliphatic rings. The van der Waals surface area contributed by atoms with E-state index in [2.05, 4.69) is 15.0 Å². The van der Waals surface area contributed by atoms with Gasteiger partial charge in [0.2, 0.25) is 11.8 Å². The molecule has 1 aromatic carbocycles. The van der Waals surface area contributed by atoms with Crippen molar-refractivity contribution in [3.05, 3.63) is 36.2 Å². The number of hydrogen-bond acceptors (Lipinski definition) is 5. The van der Waals surface area contributed by atoms with E-state index in [9.17, 15) is 8.78 Å². The molecular weight excluding hydrogens is 268 g/mol. The molecule has 2 N–H and O–H groups in total. The van der Waals surface area contributed by atoms with E-state index < -0.39 is 11.6 Å². The van der Waals surface area contributed by atoms with Gasteiger partial charge in [-0.25, -0.2) is 18.7 Å². The monoisotopic (exact) mass is 277 g/mol. The van der Waals surface area contributed by atoms with Crippen LogP contribution in [0.15, 0.2) is 24.5 Å². The van der Waals surface area contributed by atoms with Crippen LogP contribution in [-0.4, -0.2) is 26.6 Å². The van der Waals surface area contributed by atoms with Crippen molar-refractivity contribution in [2.75, 3.05) is 12.8 Å². The van der Waals surface area contributed by atoms with Crippen LogP contribution in [0.3, 0.4) is 0 Å². The fraction of sp³-hybridized carbons (Fsp3) is 0.0833. The molecule has 0 bridgehead atoms. The molecule has 8 heteroatoms. The number of hydrogen-bond donors (Lipinski definition) is 1. The number of nitrogens with zero attached hydrogens (tertiary/aromatic N) is 4. The fourth-order valence-corrected chi connectivity index (χ4v) is 1.93. The molecule has 0 spiro atoms. The minimum absolute atomic E-state index is 0.0386. The molecule has 0 aliphatic carbocycles. The summed E-state index contributed by atoms with van der Waals surface area (Å²) in [6.45, 7) is 0. The lowest BCUT2D eigenvalue weighted by molar-refractivity contribution is 0.401. The van der Waals surface area contributed by atoms with Gasteiger partial charge in [0.25, 0.3) is 0 Å². The van der Waals surface area contributed by atoms with Gasteiger partial charge in [0.1, 0.15) is 18.0 Å². The first-order valence-electron chi connectivity index (χ1n) is 5.60. The highest BCUT2D eigenvalue weighted by Gasteiger charge is 2.18. The third-order valence-electron chi connectivity index (χ3n) is 2.78. The summed E-state index contributed by atoms with van der Waals surface area (Å²) in [4.78, 5) is 11.9. The number of methoxy groups -OCH3 is 1. The first-order valence-corrected chi connectivity index (χ1v) is 5.60. The summed E-state index contributed by atoms with van der Waals surface area (Å²) in [5.41, 5.74) is 6.20. The number of anilines is 1. The maximum Gasteiger partial charge on any atom is 0.245 e. The van der Waals surface area contributed by atoms with Crippen LogP contribution < -0.4 is 10.5 Å². The van der Waals surface area contributed by atoms with Gasteiger partial charge in [-0.1, -0.05) is 0 Å². The Kier molecular flexibility index (Phi) is 2.70. The standard InChI is InChI=1S/C12H9F2N5O/c1-20-11-9-10(16-5-17-11)19(12(15)18-9)8-4-6(13)2-3-7(8)14/h2-5H,1H3,(H2,15,18). The number of aromatic nitrogens is 4. The Bertz CT molecular complexity index is 802. The second-order valence-corrected chi connectivity index (χ2v) is 3.96. The number of nitrogen functional groups attached to an aromatic ring is 1. The number of fused-ring (bicyclic) bond motifs is 1. The maximum absolute atomic E-state index is 13.9. The summed E-state index contributed by atoms with van der Waals surface area (Å²) in [7, 11) is 1.42. The zero-order chi connectivity index (χ0) is 14.3. The van der Waals surface area contributed by atoms with Gasteiger partial charge >= 0.3 is 0 Å². The highest BCUT2D eigenvalue weighted by atomic mass is 19.1. The highest BCUT2D eigenvalue weighted by molar-refractivity contribution is 5.81. The predicted molar refractivity (Wildman–Crippen MR) is 67.5 cm³/mol. The largest absolute Gasteiger partial charge is 0.479 e. The van der Waals surface area contributed by atoms with E-state index in [1.165, 1.54) is 18.0 Å². The van der Waals surface area contributed by atoms with Gasteiger partial charge in [-0.2, -0.15) is 4.98 Å². The zero-order valence-electron chi connectivity index (χ0n) is 10.3. The van der Waals surface area contributed by atoms with Crippen LogP contribution in [-0.2, 0) is 0 Å². The predicted octanol–water partition coefficient (Wildman–Crippen LogP) is 1.68. The summed E-state index contributed by atoms with van der Waals surface area (Å²) in [6.07, 6.45) is 1.23. The number of halogens is 2. The van der Waals surface area contributed by atoms with Gasteiger partial charge in [0.15, 0.2) is 11.2 Å². The first kappa shape index (κ1) is 12.3. The molecule has 0 atom stereocenters. The third kappa shape index (κ3) is 1.73. The molecule has 2 heterocycles. The van der Waals surface area contributed by atoms with Crippen LogP contribution in [0.1, 0.15) is 0 Å². The molecule has 0 saturated heterocycles. The Labute approximate surface area is 111 Å². The minimum Gasteiger partial charge on any atom is -0.479 e. The maximum atomic E-state index is 13.9. The lowest BCUT2D eigenvalue weighted by atomic mass is 10.3. The van der Waals surface area contributed by atoms with Crippen LogP contribution in [0.4, 0.5) is 14.7 Å². The second kappa shape index (κ2) is 4.41. The number of imidazole rings is 1. The van der Waals surface area contributed by atoms with Gasteiger partial charge in [0.05, 0.1) is 12.8 Å². The van der Waals surface area contributed by atoms with E-state index in [4.69, 9.17) is 10.5 Å². The molecule has 0 aliphatic heterocycles. The topological polar surface area (TPSA) is 78.8 Å². The van der Waals surface area contributed by atoms with Crippen molar-refractivity contribution in [2.24, 2.45) is 0 Å². The smallest absolute Gasteiger partial charge is 0.245 e. The average Bonchev–Trinajstić information content (AvgIpc) is 2.77. The Morgan fingerprint density at radius 1 is 1.25 bits per heavy atom. The van der Waals surface area contributed by atoms with E-state index in [0.29, 0.717) is 0 Å². The van der Waals surface area contributed by atoms with E-state index in [1.54, 1.807) is 0 Å². The summed E-state index contributed by atoms with van der Waals surface area (Å²) < 4.78 is 33.4. The third-order valence-corrected chi connectivity index (χ3v) is 2.78. The van der Waals surface area contributed by atoms with Gasteiger partial charge in [-0.3, -0.25) is 4.57 Å². The lowest BCUT2D eigenvalue weighted by Crippen LogP contribution is -2.04. The summed E-state index contributed by atoms with van der Waals surface area (Å²) in [6, 6.07) is 3.04. The summed E-state index contributed by atoms with van der Waals surface area (Å²) in [5.74, 6) is -1.07. The van der Waals surface area contributed by atoms with E-state index in [-0.39, 0.29) is 28.7 Å². The van der Waals surface area contributed by atoms with Gasteiger partial charge in [-0.15, -0.1) is 0 Å². The van der Waals surface area contributed by atoms with Crippen molar-refractivity contribution in [3.63, 3.8) is 0 Å². The Balaban J connectivity index is 2.37. The molecule has 0 fully saturated rings. The van der Waals surface area contributed by atoms with Crippen LogP contribution in [0.25, 0.3) is 16.9 Å². The van der Waals surface area contributed by atoms with Crippen molar-refractivity contribution in [3.8, 4) is 11.6 Å². The van der Waals surface area contributed by atoms with Crippen molar-refractivity contribution in [2.45, 2.75) is 0 Å². The first-order chi connectivity index (χ1) is 9.61. The molecule has 3 rings (SSSR count). The number of benzene rings is 1. The number of ether oxygens (including phenoxy) is 1. The molecule has 102 valence electrons. The molecule has 0 saturated carbocycles. The normalized spacial score (nSPS) is 10.9. The minimum atomic E-state index is -0.644. The molecule has 6 nitrogen and oxygen atoms in total. The van der Waals surface area contributed by atoms with Gasteiger partial charge in [-0.05, 0) is 12.1 Å². The van der Waals surface area contributed by atoms with Crippen molar-refractivity contribution < 1.29 is 13.5 Å². The summed E-state index contributed by atoms with van der Waals surface area (Å²) >= 11 is 0. The van der Waals surface area contributed by atoms with Crippen LogP contribution in [0.5, 0.6) is 5.88 Å². The molecule has 2 aromatic heterocycles. The Hall–Kier alpha value is -2.77. The van der Waals surface area contributed by atoms with Crippen LogP contribution in [0.2, 0.25) is 0 Å². The molecule has 3 aromatic rings. The number of nitrogens with two attached hydrogens (primary N) is 1. The van der Waals surface area contributed by atoms with E-state index in [1.807, 2.05) is 0 Å².